The topological polar surface area (TPSA) is 87.0 Å². The van der Waals surface area contributed by atoms with Gasteiger partial charge in [0.05, 0.1) is 18.8 Å². The van der Waals surface area contributed by atoms with E-state index in [1.807, 2.05) is 0 Å². The van der Waals surface area contributed by atoms with Crippen LogP contribution in [-0.2, 0) is 6.42 Å². The summed E-state index contributed by atoms with van der Waals surface area (Å²) >= 11 is 0. The van der Waals surface area contributed by atoms with Crippen molar-refractivity contribution in [2.24, 2.45) is 0 Å². The van der Waals surface area contributed by atoms with Crippen LogP contribution in [-0.4, -0.2) is 34.8 Å². The Morgan fingerprint density at radius 2 is 2.17 bits per heavy atom. The van der Waals surface area contributed by atoms with Gasteiger partial charge in [-0.1, -0.05) is 12.2 Å². The maximum atomic E-state index is 10.9. The van der Waals surface area contributed by atoms with Crippen LogP contribution in [0.25, 0.3) is 0 Å². The van der Waals surface area contributed by atoms with Crippen molar-refractivity contribution in [1.29, 1.82) is 0 Å². The van der Waals surface area contributed by atoms with Gasteiger partial charge in [0.25, 0.3) is 0 Å². The number of aromatic hydroxyl groups is 2. The lowest BCUT2D eigenvalue weighted by molar-refractivity contribution is 0.111. The fourth-order valence-corrected chi connectivity index (χ4v) is 1.54. The molecule has 0 aliphatic carbocycles. The van der Waals surface area contributed by atoms with Crippen molar-refractivity contribution >= 4 is 6.29 Å². The van der Waals surface area contributed by atoms with Crippen LogP contribution < -0.4 is 4.74 Å². The summed E-state index contributed by atoms with van der Waals surface area (Å²) in [5, 5.41) is 29.3. The van der Waals surface area contributed by atoms with Crippen molar-refractivity contribution < 1.29 is 24.9 Å². The number of rotatable bonds is 5. The highest BCUT2D eigenvalue weighted by molar-refractivity contribution is 5.85. The van der Waals surface area contributed by atoms with Gasteiger partial charge in [-0.3, -0.25) is 4.79 Å². The maximum absolute atomic E-state index is 10.9. The standard InChI is InChI=1S/C13H16O5/c1-7(2)10(15)4-8-11(16)5-12(18-3)9(6-14)13(8)17/h5-6,10,15-17H,1,4H2,2-3H3. The first kappa shape index (κ1) is 14.1. The van der Waals surface area contributed by atoms with Gasteiger partial charge in [0.15, 0.2) is 6.29 Å². The third kappa shape index (κ3) is 2.62. The minimum absolute atomic E-state index is 0.0299. The fourth-order valence-electron chi connectivity index (χ4n) is 1.54. The molecular weight excluding hydrogens is 236 g/mol. The predicted octanol–water partition coefficient (Wildman–Crippen LogP) is 1.40. The monoisotopic (exact) mass is 252 g/mol. The molecule has 0 spiro atoms. The lowest BCUT2D eigenvalue weighted by atomic mass is 9.99. The highest BCUT2D eigenvalue weighted by Gasteiger charge is 2.20. The number of carbonyl (C=O) groups is 1. The first-order valence-corrected chi connectivity index (χ1v) is 5.32. The Morgan fingerprint density at radius 3 is 2.61 bits per heavy atom. The molecule has 1 rings (SSSR count). The van der Waals surface area contributed by atoms with Crippen LogP contribution in [0.5, 0.6) is 17.2 Å². The van der Waals surface area contributed by atoms with E-state index in [2.05, 4.69) is 6.58 Å². The normalized spacial score (nSPS) is 11.9. The Morgan fingerprint density at radius 1 is 1.56 bits per heavy atom. The molecular formula is C13H16O5. The molecule has 0 saturated heterocycles. The Kier molecular flexibility index (Phi) is 4.33. The number of ether oxygens (including phenoxy) is 1. The van der Waals surface area contributed by atoms with Crippen molar-refractivity contribution in [2.45, 2.75) is 19.4 Å². The minimum Gasteiger partial charge on any atom is -0.507 e. The molecule has 0 amide bonds. The number of aliphatic hydroxyl groups excluding tert-OH is 1. The molecule has 0 aliphatic heterocycles. The lowest BCUT2D eigenvalue weighted by Gasteiger charge is -2.15. The van der Waals surface area contributed by atoms with E-state index in [4.69, 9.17) is 4.74 Å². The van der Waals surface area contributed by atoms with E-state index in [1.165, 1.54) is 13.2 Å². The zero-order chi connectivity index (χ0) is 13.9. The van der Waals surface area contributed by atoms with Gasteiger partial charge >= 0.3 is 0 Å². The summed E-state index contributed by atoms with van der Waals surface area (Å²) in [5.74, 6) is -0.550. The summed E-state index contributed by atoms with van der Waals surface area (Å²) in [7, 11) is 1.32. The molecule has 98 valence electrons. The number of phenols is 2. The maximum Gasteiger partial charge on any atom is 0.157 e. The number of carbonyl (C=O) groups excluding carboxylic acids is 1. The fraction of sp³-hybridized carbons (Fsp3) is 0.308. The van der Waals surface area contributed by atoms with Crippen molar-refractivity contribution in [3.8, 4) is 17.2 Å². The molecule has 0 heterocycles. The molecule has 5 nitrogen and oxygen atoms in total. The summed E-state index contributed by atoms with van der Waals surface area (Å²) in [4.78, 5) is 10.9. The van der Waals surface area contributed by atoms with Crippen LogP contribution in [0.4, 0.5) is 0 Å². The summed E-state index contributed by atoms with van der Waals surface area (Å²) in [6.45, 7) is 5.21. The van der Waals surface area contributed by atoms with E-state index >= 15 is 0 Å². The zero-order valence-electron chi connectivity index (χ0n) is 10.3. The second-order valence-electron chi connectivity index (χ2n) is 4.02. The highest BCUT2D eigenvalue weighted by Crippen LogP contribution is 2.37. The highest BCUT2D eigenvalue weighted by atomic mass is 16.5. The number of aliphatic hydroxyl groups is 1. The van der Waals surface area contributed by atoms with Crippen molar-refractivity contribution in [1.82, 2.24) is 0 Å². The summed E-state index contributed by atoms with van der Waals surface area (Å²) in [5.41, 5.74) is 0.532. The molecule has 1 aromatic carbocycles. The molecule has 1 unspecified atom stereocenters. The van der Waals surface area contributed by atoms with E-state index in [9.17, 15) is 20.1 Å². The van der Waals surface area contributed by atoms with Crippen LogP contribution in [0.15, 0.2) is 18.2 Å². The third-order valence-corrected chi connectivity index (χ3v) is 2.69. The Labute approximate surface area is 105 Å². The van der Waals surface area contributed by atoms with E-state index in [0.29, 0.717) is 11.9 Å². The number of benzene rings is 1. The minimum atomic E-state index is -0.908. The van der Waals surface area contributed by atoms with Gasteiger partial charge in [0, 0.05) is 18.1 Å². The number of methoxy groups -OCH3 is 1. The molecule has 0 aliphatic rings. The Balaban J connectivity index is 3.28. The molecule has 3 N–H and O–H groups in total. The molecule has 0 saturated carbocycles. The van der Waals surface area contributed by atoms with E-state index in [1.54, 1.807) is 6.92 Å². The third-order valence-electron chi connectivity index (χ3n) is 2.69. The Hall–Kier alpha value is -2.01. The quantitative estimate of drug-likeness (QED) is 0.544. The first-order chi connectivity index (χ1) is 8.42. The molecule has 0 radical (unpaired) electrons. The molecule has 18 heavy (non-hydrogen) atoms. The van der Waals surface area contributed by atoms with Crippen LogP contribution in [0.1, 0.15) is 22.8 Å². The smallest absolute Gasteiger partial charge is 0.157 e. The van der Waals surface area contributed by atoms with Gasteiger partial charge in [0.2, 0.25) is 0 Å². The van der Waals surface area contributed by atoms with Crippen molar-refractivity contribution in [3.05, 3.63) is 29.3 Å². The van der Waals surface area contributed by atoms with Crippen LogP contribution in [0, 0.1) is 0 Å². The Bertz CT molecular complexity index is 479. The van der Waals surface area contributed by atoms with Gasteiger partial charge in [-0.2, -0.15) is 0 Å². The van der Waals surface area contributed by atoms with Gasteiger partial charge in [-0.05, 0) is 6.92 Å². The second kappa shape index (κ2) is 5.55. The average Bonchev–Trinajstić information content (AvgIpc) is 2.33. The molecule has 0 fully saturated rings. The summed E-state index contributed by atoms with van der Waals surface area (Å²) < 4.78 is 4.87. The van der Waals surface area contributed by atoms with Crippen LogP contribution in [0.2, 0.25) is 0 Å². The average molecular weight is 252 g/mol. The van der Waals surface area contributed by atoms with E-state index in [-0.39, 0.29) is 34.8 Å². The van der Waals surface area contributed by atoms with Gasteiger partial charge in [0.1, 0.15) is 17.2 Å². The van der Waals surface area contributed by atoms with E-state index in [0.717, 1.165) is 0 Å². The van der Waals surface area contributed by atoms with Crippen molar-refractivity contribution in [3.63, 3.8) is 0 Å². The predicted molar refractivity (Wildman–Crippen MR) is 66.2 cm³/mol. The number of phenolic OH excluding ortho intramolecular Hbond substituents is 2. The lowest BCUT2D eigenvalue weighted by Crippen LogP contribution is -2.12. The molecule has 5 heteroatoms. The van der Waals surface area contributed by atoms with Crippen molar-refractivity contribution in [2.75, 3.05) is 7.11 Å². The zero-order valence-corrected chi connectivity index (χ0v) is 10.3. The number of aldehydes is 1. The van der Waals surface area contributed by atoms with Gasteiger partial charge < -0.3 is 20.1 Å². The van der Waals surface area contributed by atoms with Crippen LogP contribution in [0.3, 0.4) is 0 Å². The number of hydrogen-bond donors (Lipinski definition) is 3. The first-order valence-electron chi connectivity index (χ1n) is 5.32. The SMILES string of the molecule is C=C(C)C(O)Cc1c(O)cc(OC)c(C=O)c1O. The second-order valence-corrected chi connectivity index (χ2v) is 4.02. The van der Waals surface area contributed by atoms with E-state index < -0.39 is 6.10 Å². The molecule has 1 atom stereocenters. The van der Waals surface area contributed by atoms with Gasteiger partial charge in [-0.15, -0.1) is 0 Å². The largest absolute Gasteiger partial charge is 0.507 e. The van der Waals surface area contributed by atoms with Gasteiger partial charge in [-0.25, -0.2) is 0 Å². The summed E-state index contributed by atoms with van der Waals surface area (Å²) in [6, 6.07) is 1.23. The molecule has 1 aromatic rings. The molecule has 0 aromatic heterocycles. The number of hydrogen-bond acceptors (Lipinski definition) is 5. The summed E-state index contributed by atoms with van der Waals surface area (Å²) in [6.07, 6.45) is -0.503. The molecule has 0 bridgehead atoms. The van der Waals surface area contributed by atoms with Crippen LogP contribution >= 0.6 is 0 Å².